The van der Waals surface area contributed by atoms with Crippen molar-refractivity contribution in [2.45, 2.75) is 31.7 Å². The maximum absolute atomic E-state index is 12.9. The number of likely N-dealkylation sites (tertiary alicyclic amines) is 1. The van der Waals surface area contributed by atoms with Gasteiger partial charge >= 0.3 is 5.69 Å². The second-order valence-corrected chi connectivity index (χ2v) is 7.42. The molecule has 0 aliphatic carbocycles. The van der Waals surface area contributed by atoms with Crippen molar-refractivity contribution < 1.29 is 14.7 Å². The van der Waals surface area contributed by atoms with Crippen molar-refractivity contribution in [3.63, 3.8) is 0 Å². The Morgan fingerprint density at radius 2 is 1.73 bits per heavy atom. The first-order chi connectivity index (χ1) is 13.6. The Balaban J connectivity index is 0.00000160. The zero-order valence-corrected chi connectivity index (χ0v) is 17.5. The van der Waals surface area contributed by atoms with Crippen LogP contribution in [0.2, 0.25) is 0 Å². The number of H-pyrrole nitrogens is 1. The number of rotatable bonds is 6. The van der Waals surface area contributed by atoms with Crippen molar-refractivity contribution in [1.82, 2.24) is 14.5 Å². The number of fused-ring (bicyclic) bond motifs is 1. The van der Waals surface area contributed by atoms with Gasteiger partial charge in [-0.1, -0.05) is 12.1 Å². The number of aromatic nitrogens is 2. The third kappa shape index (κ3) is 5.16. The van der Waals surface area contributed by atoms with E-state index < -0.39 is 0 Å². The molecule has 1 aromatic heterocycles. The zero-order valence-electron chi connectivity index (χ0n) is 16.6. The number of carbonyl (C=O) groups excluding carboxylic acids is 1. The van der Waals surface area contributed by atoms with E-state index >= 15 is 0 Å². The van der Waals surface area contributed by atoms with Gasteiger partial charge in [-0.3, -0.25) is 9.36 Å². The SMILES string of the molecule is Cl.O.O=C(CCCN1CCC(n2c(=O)[nH]c3ccccc32)CC1)c1ccc(F)cc1. The highest BCUT2D eigenvalue weighted by Crippen LogP contribution is 2.25. The Morgan fingerprint density at radius 3 is 2.43 bits per heavy atom. The van der Waals surface area contributed by atoms with Crippen molar-refractivity contribution in [1.29, 1.82) is 0 Å². The van der Waals surface area contributed by atoms with Crippen LogP contribution in [0.25, 0.3) is 11.0 Å². The molecule has 1 aliphatic heterocycles. The van der Waals surface area contributed by atoms with Gasteiger partial charge in [0.2, 0.25) is 0 Å². The first-order valence-electron chi connectivity index (χ1n) is 9.82. The van der Waals surface area contributed by atoms with Crippen LogP contribution < -0.4 is 5.69 Å². The van der Waals surface area contributed by atoms with Crippen molar-refractivity contribution in [3.8, 4) is 0 Å². The number of halogens is 2. The summed E-state index contributed by atoms with van der Waals surface area (Å²) in [6.45, 7) is 2.70. The molecule has 1 saturated heterocycles. The summed E-state index contributed by atoms with van der Waals surface area (Å²) in [6, 6.07) is 13.7. The summed E-state index contributed by atoms with van der Waals surface area (Å²) in [5.41, 5.74) is 2.38. The van der Waals surface area contributed by atoms with Gasteiger partial charge in [0, 0.05) is 31.1 Å². The number of imidazole rings is 1. The van der Waals surface area contributed by atoms with Crippen molar-refractivity contribution in [3.05, 3.63) is 70.4 Å². The number of aromatic amines is 1. The summed E-state index contributed by atoms with van der Waals surface area (Å²) in [7, 11) is 0. The van der Waals surface area contributed by atoms with Crippen LogP contribution >= 0.6 is 12.4 Å². The molecule has 2 heterocycles. The molecule has 0 saturated carbocycles. The van der Waals surface area contributed by atoms with E-state index in [-0.39, 0.29) is 41.2 Å². The molecule has 3 N–H and O–H groups in total. The minimum Gasteiger partial charge on any atom is -0.412 e. The number of para-hydroxylation sites is 2. The Bertz CT molecular complexity index is 1020. The number of carbonyl (C=O) groups is 1. The topological polar surface area (TPSA) is 89.6 Å². The minimum atomic E-state index is -0.325. The van der Waals surface area contributed by atoms with Gasteiger partial charge in [0.05, 0.1) is 11.0 Å². The number of hydrogen-bond acceptors (Lipinski definition) is 3. The summed E-state index contributed by atoms with van der Waals surface area (Å²) < 4.78 is 14.8. The molecule has 0 atom stereocenters. The van der Waals surface area contributed by atoms with Crippen LogP contribution in [0.1, 0.15) is 42.1 Å². The molecule has 3 aromatic rings. The average molecular weight is 436 g/mol. The number of piperidine rings is 1. The van der Waals surface area contributed by atoms with Gasteiger partial charge < -0.3 is 15.4 Å². The van der Waals surface area contributed by atoms with Crippen LogP contribution in [-0.4, -0.2) is 45.3 Å². The number of benzene rings is 2. The summed E-state index contributed by atoms with van der Waals surface area (Å²) in [5.74, 6) is -0.269. The summed E-state index contributed by atoms with van der Waals surface area (Å²) in [6.07, 6.45) is 3.10. The van der Waals surface area contributed by atoms with Crippen LogP contribution in [-0.2, 0) is 0 Å². The molecular formula is C22H27ClFN3O3. The van der Waals surface area contributed by atoms with Gasteiger partial charge in [0.25, 0.3) is 0 Å². The number of nitrogens with zero attached hydrogens (tertiary/aromatic N) is 2. The van der Waals surface area contributed by atoms with Crippen molar-refractivity contribution in [2.24, 2.45) is 0 Å². The van der Waals surface area contributed by atoms with E-state index in [0.29, 0.717) is 12.0 Å². The van der Waals surface area contributed by atoms with E-state index in [1.54, 1.807) is 12.1 Å². The van der Waals surface area contributed by atoms with E-state index in [1.807, 2.05) is 28.8 Å². The van der Waals surface area contributed by atoms with Gasteiger partial charge in [-0.05, 0) is 62.2 Å². The van der Waals surface area contributed by atoms with Crippen molar-refractivity contribution in [2.75, 3.05) is 19.6 Å². The lowest BCUT2D eigenvalue weighted by molar-refractivity contribution is 0.0970. The molecule has 162 valence electrons. The molecule has 30 heavy (non-hydrogen) atoms. The van der Waals surface area contributed by atoms with Gasteiger partial charge in [-0.2, -0.15) is 0 Å². The summed E-state index contributed by atoms with van der Waals surface area (Å²) in [4.78, 5) is 29.8. The standard InChI is InChI=1S/C22H24FN3O2.ClH.H2O/c23-17-9-7-16(8-10-17)21(27)6-3-13-25-14-11-18(12-15-25)26-20-5-2-1-4-19(20)24-22(26)28;;/h1-2,4-5,7-10,18H,3,6,11-15H2,(H,24,28);1H;1H2. The Morgan fingerprint density at radius 1 is 1.07 bits per heavy atom. The largest absolute Gasteiger partial charge is 0.412 e. The fraction of sp³-hybridized carbons (Fsp3) is 0.364. The van der Waals surface area contributed by atoms with Gasteiger partial charge in [-0.15, -0.1) is 12.4 Å². The smallest absolute Gasteiger partial charge is 0.326 e. The normalized spacial score (nSPS) is 14.8. The number of hydrogen-bond donors (Lipinski definition) is 1. The first-order valence-corrected chi connectivity index (χ1v) is 9.82. The molecule has 0 amide bonds. The van der Waals surface area contributed by atoms with Gasteiger partial charge in [-0.25, -0.2) is 9.18 Å². The number of nitrogens with one attached hydrogen (secondary N) is 1. The van der Waals surface area contributed by atoms with Gasteiger partial charge in [0.15, 0.2) is 5.78 Å². The summed E-state index contributed by atoms with van der Waals surface area (Å²) >= 11 is 0. The lowest BCUT2D eigenvalue weighted by Crippen LogP contribution is -2.37. The monoisotopic (exact) mass is 435 g/mol. The maximum Gasteiger partial charge on any atom is 0.326 e. The second kappa shape index (κ2) is 10.5. The lowest BCUT2D eigenvalue weighted by atomic mass is 10.0. The van der Waals surface area contributed by atoms with E-state index in [0.717, 1.165) is 49.9 Å². The molecule has 2 aromatic carbocycles. The fourth-order valence-corrected chi connectivity index (χ4v) is 4.08. The zero-order chi connectivity index (χ0) is 19.5. The van der Waals surface area contributed by atoms with Crippen molar-refractivity contribution >= 4 is 29.2 Å². The first kappa shape index (κ1) is 23.8. The quantitative estimate of drug-likeness (QED) is 0.602. The minimum absolute atomic E-state index is 0. The Hall–Kier alpha value is -2.48. The van der Waals surface area contributed by atoms with Crippen LogP contribution in [0.5, 0.6) is 0 Å². The highest BCUT2D eigenvalue weighted by atomic mass is 35.5. The van der Waals surface area contributed by atoms with Gasteiger partial charge in [0.1, 0.15) is 5.82 Å². The maximum atomic E-state index is 12.9. The molecule has 0 unspecified atom stereocenters. The molecular weight excluding hydrogens is 409 g/mol. The van der Waals surface area contributed by atoms with E-state index in [9.17, 15) is 14.0 Å². The number of ketones is 1. The molecule has 1 fully saturated rings. The molecule has 6 nitrogen and oxygen atoms in total. The Labute approximate surface area is 180 Å². The third-order valence-corrected chi connectivity index (χ3v) is 5.59. The molecule has 0 radical (unpaired) electrons. The van der Waals surface area contributed by atoms with Crippen LogP contribution in [0.4, 0.5) is 4.39 Å². The predicted octanol–water partition coefficient (Wildman–Crippen LogP) is 3.37. The third-order valence-electron chi connectivity index (χ3n) is 5.59. The van der Waals surface area contributed by atoms with E-state index in [4.69, 9.17) is 0 Å². The predicted molar refractivity (Wildman–Crippen MR) is 118 cm³/mol. The lowest BCUT2D eigenvalue weighted by Gasteiger charge is -2.32. The average Bonchev–Trinajstić information content (AvgIpc) is 3.05. The molecule has 8 heteroatoms. The summed E-state index contributed by atoms with van der Waals surface area (Å²) in [5, 5.41) is 0. The van der Waals surface area contributed by atoms with E-state index in [2.05, 4.69) is 9.88 Å². The van der Waals surface area contributed by atoms with E-state index in [1.165, 1.54) is 12.1 Å². The molecule has 0 bridgehead atoms. The second-order valence-electron chi connectivity index (χ2n) is 7.42. The van der Waals surface area contributed by atoms with Crippen LogP contribution in [0, 0.1) is 5.82 Å². The molecule has 0 spiro atoms. The molecule has 4 rings (SSSR count). The highest BCUT2D eigenvalue weighted by molar-refractivity contribution is 5.95. The van der Waals surface area contributed by atoms with Crippen LogP contribution in [0.15, 0.2) is 53.3 Å². The Kier molecular flexibility index (Phi) is 8.34. The highest BCUT2D eigenvalue weighted by Gasteiger charge is 2.23. The number of Topliss-reactive ketones (excluding diaryl/α,β-unsaturated/α-hetero) is 1. The fourth-order valence-electron chi connectivity index (χ4n) is 4.08. The molecule has 1 aliphatic rings. The van der Waals surface area contributed by atoms with Crippen LogP contribution in [0.3, 0.4) is 0 Å².